The molecule has 0 spiro atoms. The number of pyridine rings is 1. The SMILES string of the molecule is CC1(NC(=O)OP(=O)(O)O)CCN(c2cnc3nc(Cl)ccc3n2)CC1. The quantitative estimate of drug-likeness (QED) is 0.519. The summed E-state index contributed by atoms with van der Waals surface area (Å²) in [5.74, 6) is 0.682. The van der Waals surface area contributed by atoms with Crippen molar-refractivity contribution in [3.8, 4) is 0 Å². The van der Waals surface area contributed by atoms with E-state index in [2.05, 4.69) is 24.8 Å². The molecule has 2 aromatic rings. The first-order chi connectivity index (χ1) is 12.1. The zero-order valence-corrected chi connectivity index (χ0v) is 15.4. The number of piperidine rings is 1. The molecule has 1 aliphatic rings. The molecule has 3 rings (SSSR count). The second kappa shape index (κ2) is 6.96. The van der Waals surface area contributed by atoms with E-state index in [4.69, 9.17) is 21.4 Å². The summed E-state index contributed by atoms with van der Waals surface area (Å²) in [6.07, 6.45) is 1.57. The van der Waals surface area contributed by atoms with Gasteiger partial charge in [-0.25, -0.2) is 24.3 Å². The van der Waals surface area contributed by atoms with Crippen LogP contribution in [0.15, 0.2) is 18.3 Å². The number of carbonyl (C=O) groups is 1. The third kappa shape index (κ3) is 4.59. The van der Waals surface area contributed by atoms with E-state index in [9.17, 15) is 9.36 Å². The molecule has 3 heterocycles. The maximum absolute atomic E-state index is 11.6. The van der Waals surface area contributed by atoms with Crippen LogP contribution in [-0.2, 0) is 9.09 Å². The molecule has 26 heavy (non-hydrogen) atoms. The minimum absolute atomic E-state index is 0.349. The molecule has 1 amide bonds. The molecule has 2 aromatic heterocycles. The minimum atomic E-state index is -4.86. The molecule has 1 fully saturated rings. The van der Waals surface area contributed by atoms with Crippen molar-refractivity contribution in [3.63, 3.8) is 0 Å². The fourth-order valence-electron chi connectivity index (χ4n) is 2.76. The van der Waals surface area contributed by atoms with Gasteiger partial charge < -0.3 is 14.7 Å². The van der Waals surface area contributed by atoms with Crippen molar-refractivity contribution >= 4 is 42.5 Å². The highest BCUT2D eigenvalue weighted by atomic mass is 35.5. The molecule has 1 saturated heterocycles. The van der Waals surface area contributed by atoms with Gasteiger partial charge in [0.05, 0.1) is 6.20 Å². The number of carbonyl (C=O) groups excluding carboxylic acids is 1. The van der Waals surface area contributed by atoms with Gasteiger partial charge in [-0.2, -0.15) is 0 Å². The number of nitrogens with zero attached hydrogens (tertiary/aromatic N) is 4. The van der Waals surface area contributed by atoms with E-state index in [0.29, 0.717) is 48.1 Å². The van der Waals surface area contributed by atoms with Crippen LogP contribution in [-0.4, -0.2) is 49.5 Å². The van der Waals surface area contributed by atoms with Crippen molar-refractivity contribution < 1.29 is 23.7 Å². The van der Waals surface area contributed by atoms with Gasteiger partial charge in [0.15, 0.2) is 5.65 Å². The van der Waals surface area contributed by atoms with Crippen LogP contribution in [0, 0.1) is 0 Å². The van der Waals surface area contributed by atoms with Crippen molar-refractivity contribution in [1.29, 1.82) is 0 Å². The van der Waals surface area contributed by atoms with Gasteiger partial charge in [-0.05, 0) is 31.9 Å². The van der Waals surface area contributed by atoms with E-state index in [1.807, 2.05) is 4.90 Å². The van der Waals surface area contributed by atoms with Crippen LogP contribution in [0.5, 0.6) is 0 Å². The summed E-state index contributed by atoms with van der Waals surface area (Å²) in [6.45, 7) is 2.95. The lowest BCUT2D eigenvalue weighted by molar-refractivity contribution is 0.159. The maximum atomic E-state index is 11.6. The zero-order chi connectivity index (χ0) is 18.9. The first kappa shape index (κ1) is 18.8. The Morgan fingerprint density at radius 3 is 2.69 bits per heavy atom. The number of hydrogen-bond donors (Lipinski definition) is 3. The number of aromatic nitrogens is 3. The fourth-order valence-corrected chi connectivity index (χ4v) is 3.16. The van der Waals surface area contributed by atoms with Gasteiger partial charge >= 0.3 is 13.9 Å². The van der Waals surface area contributed by atoms with Gasteiger partial charge in [0, 0.05) is 18.6 Å². The molecule has 0 saturated carbocycles. The van der Waals surface area contributed by atoms with Crippen molar-refractivity contribution in [1.82, 2.24) is 20.3 Å². The first-order valence-corrected chi connectivity index (χ1v) is 9.66. The van der Waals surface area contributed by atoms with Gasteiger partial charge in [-0.15, -0.1) is 0 Å². The van der Waals surface area contributed by atoms with Crippen molar-refractivity contribution in [2.45, 2.75) is 25.3 Å². The summed E-state index contributed by atoms with van der Waals surface area (Å²) < 4.78 is 14.8. The van der Waals surface area contributed by atoms with Crippen LogP contribution in [0.2, 0.25) is 5.15 Å². The largest absolute Gasteiger partial charge is 0.528 e. The standard InChI is InChI=1S/C14H17ClN5O5P/c1-14(19-13(21)25-26(22,23)24)4-6-20(7-5-14)11-8-16-12-9(17-11)2-3-10(15)18-12/h2-3,8H,4-7H2,1H3,(H,19,21)(H2,22,23,24). The highest BCUT2D eigenvalue weighted by molar-refractivity contribution is 7.46. The minimum Gasteiger partial charge on any atom is -0.355 e. The summed E-state index contributed by atoms with van der Waals surface area (Å²) >= 11 is 5.84. The van der Waals surface area contributed by atoms with Gasteiger partial charge in [0.25, 0.3) is 0 Å². The van der Waals surface area contributed by atoms with Crippen molar-refractivity contribution in [2.24, 2.45) is 0 Å². The predicted molar refractivity (Wildman–Crippen MR) is 93.9 cm³/mol. The molecule has 1 aliphatic heterocycles. The van der Waals surface area contributed by atoms with Gasteiger partial charge in [-0.1, -0.05) is 11.6 Å². The number of phosphoric acid groups is 1. The highest BCUT2D eigenvalue weighted by Crippen LogP contribution is 2.36. The molecule has 0 aliphatic carbocycles. The Morgan fingerprint density at radius 2 is 2.04 bits per heavy atom. The van der Waals surface area contributed by atoms with Gasteiger partial charge in [0.2, 0.25) is 0 Å². The number of rotatable bonds is 3. The number of nitrogens with one attached hydrogen (secondary N) is 1. The monoisotopic (exact) mass is 401 g/mol. The van der Waals surface area contributed by atoms with Crippen molar-refractivity contribution in [2.75, 3.05) is 18.0 Å². The Hall–Kier alpha value is -2.00. The molecule has 0 aromatic carbocycles. The lowest BCUT2D eigenvalue weighted by atomic mass is 9.90. The number of halogens is 1. The molecule has 10 nitrogen and oxygen atoms in total. The topological polar surface area (TPSA) is 138 Å². The molecule has 0 radical (unpaired) electrons. The maximum Gasteiger partial charge on any atom is 0.528 e. The first-order valence-electron chi connectivity index (χ1n) is 7.75. The molecule has 12 heteroatoms. The fraction of sp³-hybridized carbons (Fsp3) is 0.429. The van der Waals surface area contributed by atoms with E-state index in [1.165, 1.54) is 0 Å². The molecular weight excluding hydrogens is 385 g/mol. The Bertz CT molecular complexity index is 883. The summed E-state index contributed by atoms with van der Waals surface area (Å²) in [7, 11) is -4.86. The summed E-state index contributed by atoms with van der Waals surface area (Å²) in [5, 5.41) is 2.87. The van der Waals surface area contributed by atoms with E-state index < -0.39 is 19.5 Å². The average Bonchev–Trinajstić information content (AvgIpc) is 2.53. The Morgan fingerprint density at radius 1 is 1.35 bits per heavy atom. The second-order valence-corrected chi connectivity index (χ2v) is 7.80. The third-order valence-electron chi connectivity index (χ3n) is 4.15. The number of hydrogen-bond acceptors (Lipinski definition) is 7. The summed E-state index contributed by atoms with van der Waals surface area (Å²) in [5.41, 5.74) is 0.454. The average molecular weight is 402 g/mol. The predicted octanol–water partition coefficient (Wildman–Crippen LogP) is 1.86. The lowest BCUT2D eigenvalue weighted by Crippen LogP contribution is -2.53. The second-order valence-electron chi connectivity index (χ2n) is 6.25. The Kier molecular flexibility index (Phi) is 5.03. The van der Waals surface area contributed by atoms with Crippen LogP contribution in [0.25, 0.3) is 11.2 Å². The van der Waals surface area contributed by atoms with Crippen LogP contribution in [0.4, 0.5) is 10.6 Å². The summed E-state index contributed by atoms with van der Waals surface area (Å²) in [4.78, 5) is 43.9. The molecular formula is C14H17ClN5O5P. The van der Waals surface area contributed by atoms with Crippen molar-refractivity contribution in [3.05, 3.63) is 23.5 Å². The van der Waals surface area contributed by atoms with Crippen LogP contribution in [0.3, 0.4) is 0 Å². The lowest BCUT2D eigenvalue weighted by Gasteiger charge is -2.39. The van der Waals surface area contributed by atoms with E-state index in [-0.39, 0.29) is 0 Å². The van der Waals surface area contributed by atoms with Gasteiger partial charge in [0.1, 0.15) is 16.5 Å². The zero-order valence-electron chi connectivity index (χ0n) is 13.8. The number of fused-ring (bicyclic) bond motifs is 1. The highest BCUT2D eigenvalue weighted by Gasteiger charge is 2.34. The molecule has 3 N–H and O–H groups in total. The smallest absolute Gasteiger partial charge is 0.355 e. The number of anilines is 1. The van der Waals surface area contributed by atoms with E-state index >= 15 is 0 Å². The third-order valence-corrected chi connectivity index (χ3v) is 4.77. The van der Waals surface area contributed by atoms with Crippen LogP contribution >= 0.6 is 19.4 Å². The Labute approximate surface area is 153 Å². The van der Waals surface area contributed by atoms with Crippen LogP contribution < -0.4 is 10.2 Å². The number of phosphoric ester groups is 1. The van der Waals surface area contributed by atoms with E-state index in [1.54, 1.807) is 25.3 Å². The van der Waals surface area contributed by atoms with Crippen LogP contribution in [0.1, 0.15) is 19.8 Å². The molecule has 0 bridgehead atoms. The molecule has 0 unspecified atom stereocenters. The normalized spacial score (nSPS) is 17.2. The molecule has 140 valence electrons. The molecule has 0 atom stereocenters. The Balaban J connectivity index is 1.65. The number of amides is 1. The summed E-state index contributed by atoms with van der Waals surface area (Å²) in [6, 6.07) is 3.39. The van der Waals surface area contributed by atoms with E-state index in [0.717, 1.165) is 0 Å². The van der Waals surface area contributed by atoms with Gasteiger partial charge in [-0.3, -0.25) is 9.79 Å².